The average molecular weight is 315 g/mol. The van der Waals surface area contributed by atoms with Crippen LogP contribution in [0.2, 0.25) is 0 Å². The molecule has 0 amide bonds. The lowest BCUT2D eigenvalue weighted by atomic mass is 10.0. The monoisotopic (exact) mass is 314 g/mol. The molecule has 0 aliphatic heterocycles. The van der Waals surface area contributed by atoms with Gasteiger partial charge in [-0.3, -0.25) is 0 Å². The Labute approximate surface area is 122 Å². The van der Waals surface area contributed by atoms with Crippen LogP contribution in [0.25, 0.3) is 0 Å². The molecule has 1 atom stereocenters. The Kier molecular flexibility index (Phi) is 4.24. The zero-order valence-electron chi connectivity index (χ0n) is 10.9. The van der Waals surface area contributed by atoms with E-state index in [0.29, 0.717) is 5.56 Å². The lowest BCUT2D eigenvalue weighted by Crippen LogP contribution is -2.09. The Balaban J connectivity index is 2.30. The number of hydrogen-bond donors (Lipinski definition) is 1. The molecule has 2 nitrogen and oxygen atoms in total. The van der Waals surface area contributed by atoms with Crippen molar-refractivity contribution in [3.05, 3.63) is 63.6 Å². The van der Waals surface area contributed by atoms with Crippen LogP contribution in [0, 0.1) is 18.3 Å². The number of benzene rings is 2. The fourth-order valence-electron chi connectivity index (χ4n) is 2.14. The van der Waals surface area contributed by atoms with Crippen LogP contribution in [-0.2, 0) is 0 Å². The van der Waals surface area contributed by atoms with E-state index in [1.165, 1.54) is 11.1 Å². The standard InChI is InChI=1S/C16H15BrN2/c1-11-6-3-4-7-13(11)12(2)19-16-9-5-8-15(17)14(16)10-18/h3-9,12,19H,1-2H3. The molecule has 0 aliphatic carbocycles. The molecule has 0 saturated carbocycles. The van der Waals surface area contributed by atoms with Gasteiger partial charge in [0, 0.05) is 10.5 Å². The maximum atomic E-state index is 9.22. The van der Waals surface area contributed by atoms with Gasteiger partial charge in [-0.25, -0.2) is 0 Å². The molecule has 0 bridgehead atoms. The summed E-state index contributed by atoms with van der Waals surface area (Å²) < 4.78 is 0.817. The largest absolute Gasteiger partial charge is 0.377 e. The summed E-state index contributed by atoms with van der Waals surface area (Å²) in [6.45, 7) is 4.20. The Morgan fingerprint density at radius 1 is 1.16 bits per heavy atom. The highest BCUT2D eigenvalue weighted by molar-refractivity contribution is 9.10. The van der Waals surface area contributed by atoms with Crippen molar-refractivity contribution < 1.29 is 0 Å². The van der Waals surface area contributed by atoms with Gasteiger partial charge in [0.1, 0.15) is 6.07 Å². The number of anilines is 1. The number of nitriles is 1. The van der Waals surface area contributed by atoms with Crippen molar-refractivity contribution in [2.24, 2.45) is 0 Å². The second-order valence-corrected chi connectivity index (χ2v) is 5.35. The van der Waals surface area contributed by atoms with Gasteiger partial charge < -0.3 is 5.32 Å². The van der Waals surface area contributed by atoms with Crippen molar-refractivity contribution in [2.75, 3.05) is 5.32 Å². The first-order valence-electron chi connectivity index (χ1n) is 6.14. The summed E-state index contributed by atoms with van der Waals surface area (Å²) in [7, 11) is 0. The van der Waals surface area contributed by atoms with Gasteiger partial charge in [-0.1, -0.05) is 30.3 Å². The summed E-state index contributed by atoms with van der Waals surface area (Å²) in [6.07, 6.45) is 0. The highest BCUT2D eigenvalue weighted by atomic mass is 79.9. The van der Waals surface area contributed by atoms with E-state index in [1.54, 1.807) is 0 Å². The van der Waals surface area contributed by atoms with Gasteiger partial charge in [-0.2, -0.15) is 5.26 Å². The smallest absolute Gasteiger partial charge is 0.103 e. The van der Waals surface area contributed by atoms with E-state index in [9.17, 15) is 5.26 Å². The third kappa shape index (κ3) is 2.97. The summed E-state index contributed by atoms with van der Waals surface area (Å²) >= 11 is 3.41. The van der Waals surface area contributed by atoms with Gasteiger partial charge in [0.25, 0.3) is 0 Å². The molecule has 19 heavy (non-hydrogen) atoms. The molecule has 1 N–H and O–H groups in total. The minimum Gasteiger partial charge on any atom is -0.377 e. The Hall–Kier alpha value is -1.79. The molecule has 0 heterocycles. The van der Waals surface area contributed by atoms with Gasteiger partial charge in [0.2, 0.25) is 0 Å². The lowest BCUT2D eigenvalue weighted by Gasteiger charge is -2.19. The number of nitrogens with zero attached hydrogens (tertiary/aromatic N) is 1. The third-order valence-corrected chi connectivity index (χ3v) is 3.81. The molecule has 1 unspecified atom stereocenters. The summed E-state index contributed by atoms with van der Waals surface area (Å²) in [4.78, 5) is 0. The maximum Gasteiger partial charge on any atom is 0.103 e. The van der Waals surface area contributed by atoms with E-state index in [1.807, 2.05) is 30.3 Å². The second kappa shape index (κ2) is 5.90. The van der Waals surface area contributed by atoms with Gasteiger partial charge in [-0.15, -0.1) is 0 Å². The van der Waals surface area contributed by atoms with Gasteiger partial charge in [0.05, 0.1) is 11.3 Å². The van der Waals surface area contributed by atoms with Crippen molar-refractivity contribution >= 4 is 21.6 Å². The van der Waals surface area contributed by atoms with E-state index in [2.05, 4.69) is 53.3 Å². The van der Waals surface area contributed by atoms with Crippen molar-refractivity contribution in [2.45, 2.75) is 19.9 Å². The number of nitrogens with one attached hydrogen (secondary N) is 1. The first-order chi connectivity index (χ1) is 9.13. The fraction of sp³-hybridized carbons (Fsp3) is 0.188. The number of aryl methyl sites for hydroxylation is 1. The summed E-state index contributed by atoms with van der Waals surface area (Å²) in [5.74, 6) is 0. The van der Waals surface area contributed by atoms with Crippen LogP contribution in [0.5, 0.6) is 0 Å². The van der Waals surface area contributed by atoms with Crippen molar-refractivity contribution in [3.8, 4) is 6.07 Å². The van der Waals surface area contributed by atoms with Crippen LogP contribution in [0.1, 0.15) is 29.7 Å². The van der Waals surface area contributed by atoms with Gasteiger partial charge >= 0.3 is 0 Å². The van der Waals surface area contributed by atoms with E-state index in [0.717, 1.165) is 10.2 Å². The lowest BCUT2D eigenvalue weighted by molar-refractivity contribution is 0.873. The minimum absolute atomic E-state index is 0.155. The van der Waals surface area contributed by atoms with Crippen LogP contribution in [0.3, 0.4) is 0 Å². The molecule has 0 saturated heterocycles. The molecule has 0 aliphatic rings. The SMILES string of the molecule is Cc1ccccc1C(C)Nc1cccc(Br)c1C#N. The fourth-order valence-corrected chi connectivity index (χ4v) is 2.60. The predicted molar refractivity (Wildman–Crippen MR) is 82.1 cm³/mol. The normalized spacial score (nSPS) is 11.7. The zero-order valence-corrected chi connectivity index (χ0v) is 12.5. The Bertz CT molecular complexity index is 629. The second-order valence-electron chi connectivity index (χ2n) is 4.50. The topological polar surface area (TPSA) is 35.8 Å². The molecule has 0 fully saturated rings. The molecule has 0 spiro atoms. The molecule has 2 aromatic carbocycles. The molecule has 0 aromatic heterocycles. The highest BCUT2D eigenvalue weighted by Gasteiger charge is 2.11. The minimum atomic E-state index is 0.155. The van der Waals surface area contributed by atoms with Crippen LogP contribution >= 0.6 is 15.9 Å². The summed E-state index contributed by atoms with van der Waals surface area (Å²) in [5, 5.41) is 12.6. The number of hydrogen-bond acceptors (Lipinski definition) is 2. The van der Waals surface area contributed by atoms with E-state index in [4.69, 9.17) is 0 Å². The predicted octanol–water partition coefficient (Wildman–Crippen LogP) is 4.80. The highest BCUT2D eigenvalue weighted by Crippen LogP contribution is 2.28. The number of rotatable bonds is 3. The number of halogens is 1. The average Bonchev–Trinajstić information content (AvgIpc) is 2.39. The molecular weight excluding hydrogens is 300 g/mol. The van der Waals surface area contributed by atoms with Crippen molar-refractivity contribution in [3.63, 3.8) is 0 Å². The van der Waals surface area contributed by atoms with Crippen molar-refractivity contribution in [1.82, 2.24) is 0 Å². The molecule has 2 rings (SSSR count). The molecular formula is C16H15BrN2. The summed E-state index contributed by atoms with van der Waals surface area (Å²) in [5.41, 5.74) is 3.98. The van der Waals surface area contributed by atoms with Gasteiger partial charge in [0.15, 0.2) is 0 Å². The van der Waals surface area contributed by atoms with E-state index < -0.39 is 0 Å². The van der Waals surface area contributed by atoms with Crippen LogP contribution in [0.15, 0.2) is 46.9 Å². The first kappa shape index (κ1) is 13.6. The Morgan fingerprint density at radius 2 is 1.89 bits per heavy atom. The Morgan fingerprint density at radius 3 is 2.58 bits per heavy atom. The molecule has 96 valence electrons. The third-order valence-electron chi connectivity index (χ3n) is 3.15. The summed E-state index contributed by atoms with van der Waals surface area (Å²) in [6, 6.07) is 16.4. The van der Waals surface area contributed by atoms with Crippen LogP contribution < -0.4 is 5.32 Å². The van der Waals surface area contributed by atoms with Crippen molar-refractivity contribution in [1.29, 1.82) is 5.26 Å². The molecule has 0 radical (unpaired) electrons. The first-order valence-corrected chi connectivity index (χ1v) is 6.93. The molecule has 3 heteroatoms. The zero-order chi connectivity index (χ0) is 13.8. The quantitative estimate of drug-likeness (QED) is 0.883. The van der Waals surface area contributed by atoms with Crippen LogP contribution in [-0.4, -0.2) is 0 Å². The van der Waals surface area contributed by atoms with E-state index in [-0.39, 0.29) is 6.04 Å². The maximum absolute atomic E-state index is 9.22. The van der Waals surface area contributed by atoms with Crippen LogP contribution in [0.4, 0.5) is 5.69 Å². The molecule has 2 aromatic rings. The van der Waals surface area contributed by atoms with Gasteiger partial charge in [-0.05, 0) is 53.0 Å². The van der Waals surface area contributed by atoms with E-state index >= 15 is 0 Å².